The Morgan fingerprint density at radius 3 is 2.38 bits per heavy atom. The summed E-state index contributed by atoms with van der Waals surface area (Å²) in [5.74, 6) is -0.366. The molecule has 0 saturated carbocycles. The number of para-hydroxylation sites is 1. The number of nitrogens with one attached hydrogen (secondary N) is 1. The molecule has 2 rings (SSSR count). The first-order valence-electron chi connectivity index (χ1n) is 6.88. The van der Waals surface area contributed by atoms with Crippen LogP contribution in [0.4, 0.5) is 5.69 Å². The van der Waals surface area contributed by atoms with Crippen molar-refractivity contribution in [3.05, 3.63) is 60.2 Å². The number of benzene rings is 2. The summed E-state index contributed by atoms with van der Waals surface area (Å²) in [6.07, 6.45) is 1.99. The first kappa shape index (κ1) is 15.6. The predicted octanol–water partition coefficient (Wildman–Crippen LogP) is 3.68. The highest BCUT2D eigenvalue weighted by atomic mass is 32.2. The number of carbonyl (C=O) groups is 1. The molecule has 3 nitrogen and oxygen atoms in total. The van der Waals surface area contributed by atoms with E-state index in [9.17, 15) is 4.79 Å². The van der Waals surface area contributed by atoms with Gasteiger partial charge >= 0.3 is 0 Å². The fourth-order valence-electron chi connectivity index (χ4n) is 2.12. The molecule has 3 N–H and O–H groups in total. The van der Waals surface area contributed by atoms with Gasteiger partial charge in [0.05, 0.1) is 11.6 Å². The van der Waals surface area contributed by atoms with E-state index in [2.05, 4.69) is 5.32 Å². The van der Waals surface area contributed by atoms with E-state index in [1.165, 1.54) is 0 Å². The van der Waals surface area contributed by atoms with Crippen LogP contribution in [0.5, 0.6) is 0 Å². The number of hydrogen-bond donors (Lipinski definition) is 2. The van der Waals surface area contributed by atoms with E-state index in [-0.39, 0.29) is 17.9 Å². The highest BCUT2D eigenvalue weighted by Crippen LogP contribution is 2.26. The van der Waals surface area contributed by atoms with Gasteiger partial charge in [-0.05, 0) is 24.0 Å². The summed E-state index contributed by atoms with van der Waals surface area (Å²) in [5.41, 5.74) is 8.00. The molecule has 21 heavy (non-hydrogen) atoms. The largest absolute Gasteiger partial charge is 0.325 e. The lowest BCUT2D eigenvalue weighted by Crippen LogP contribution is -2.30. The quantitative estimate of drug-likeness (QED) is 0.828. The normalized spacial score (nSPS) is 13.5. The van der Waals surface area contributed by atoms with Crippen LogP contribution in [-0.2, 0) is 4.79 Å². The van der Waals surface area contributed by atoms with Gasteiger partial charge in [0.25, 0.3) is 0 Å². The summed E-state index contributed by atoms with van der Waals surface area (Å²) in [7, 11) is 0. The van der Waals surface area contributed by atoms with E-state index in [1.807, 2.05) is 67.8 Å². The molecule has 0 aliphatic heterocycles. The van der Waals surface area contributed by atoms with Crippen LogP contribution in [0, 0.1) is 5.92 Å². The summed E-state index contributed by atoms with van der Waals surface area (Å²) in [5, 5.41) is 2.97. The first-order chi connectivity index (χ1) is 10.1. The monoisotopic (exact) mass is 300 g/mol. The van der Waals surface area contributed by atoms with Crippen LogP contribution < -0.4 is 11.1 Å². The molecular formula is C17H20N2OS. The van der Waals surface area contributed by atoms with Gasteiger partial charge in [-0.2, -0.15) is 0 Å². The molecule has 110 valence electrons. The second kappa shape index (κ2) is 7.29. The summed E-state index contributed by atoms with van der Waals surface area (Å²) >= 11 is 1.61. The van der Waals surface area contributed by atoms with Gasteiger partial charge in [-0.15, -0.1) is 11.8 Å². The molecule has 1 amide bonds. The van der Waals surface area contributed by atoms with Crippen LogP contribution in [0.3, 0.4) is 0 Å². The van der Waals surface area contributed by atoms with E-state index >= 15 is 0 Å². The number of thioether (sulfide) groups is 1. The zero-order valence-electron chi connectivity index (χ0n) is 12.2. The van der Waals surface area contributed by atoms with Crippen molar-refractivity contribution in [2.24, 2.45) is 11.7 Å². The smallest absolute Gasteiger partial charge is 0.229 e. The van der Waals surface area contributed by atoms with Gasteiger partial charge in [0, 0.05) is 10.9 Å². The third kappa shape index (κ3) is 3.86. The van der Waals surface area contributed by atoms with E-state index in [1.54, 1.807) is 11.8 Å². The fraction of sp³-hybridized carbons (Fsp3) is 0.235. The van der Waals surface area contributed by atoms with Gasteiger partial charge in [0.15, 0.2) is 0 Å². The van der Waals surface area contributed by atoms with Crippen molar-refractivity contribution in [2.45, 2.75) is 17.9 Å². The average Bonchev–Trinajstić information content (AvgIpc) is 2.54. The Morgan fingerprint density at radius 2 is 1.71 bits per heavy atom. The molecule has 0 bridgehead atoms. The van der Waals surface area contributed by atoms with E-state index in [0.29, 0.717) is 0 Å². The number of carbonyl (C=O) groups excluding carboxylic acids is 1. The SMILES string of the molecule is CSc1ccccc1NC(=O)C(C)C(N)c1ccccc1. The predicted molar refractivity (Wildman–Crippen MR) is 89.4 cm³/mol. The molecule has 0 fully saturated rings. The third-order valence-corrected chi connectivity index (χ3v) is 4.30. The highest BCUT2D eigenvalue weighted by Gasteiger charge is 2.22. The Hall–Kier alpha value is -1.78. The maximum Gasteiger partial charge on any atom is 0.229 e. The number of anilines is 1. The van der Waals surface area contributed by atoms with Gasteiger partial charge in [-0.1, -0.05) is 49.4 Å². The molecule has 0 spiro atoms. The number of rotatable bonds is 5. The van der Waals surface area contributed by atoms with Crippen LogP contribution in [0.2, 0.25) is 0 Å². The second-order valence-corrected chi connectivity index (χ2v) is 5.76. The van der Waals surface area contributed by atoms with Crippen LogP contribution in [-0.4, -0.2) is 12.2 Å². The summed E-state index contributed by atoms with van der Waals surface area (Å²) < 4.78 is 0. The lowest BCUT2D eigenvalue weighted by molar-refractivity contribution is -0.120. The van der Waals surface area contributed by atoms with Crippen molar-refractivity contribution in [1.82, 2.24) is 0 Å². The zero-order chi connectivity index (χ0) is 15.2. The molecule has 0 saturated heterocycles. The number of amides is 1. The molecule has 0 radical (unpaired) electrons. The molecule has 2 unspecified atom stereocenters. The molecule has 4 heteroatoms. The van der Waals surface area contributed by atoms with E-state index in [0.717, 1.165) is 16.1 Å². The summed E-state index contributed by atoms with van der Waals surface area (Å²) in [4.78, 5) is 13.4. The zero-order valence-corrected chi connectivity index (χ0v) is 13.1. The second-order valence-electron chi connectivity index (χ2n) is 4.91. The topological polar surface area (TPSA) is 55.1 Å². The third-order valence-electron chi connectivity index (χ3n) is 3.50. The molecule has 2 aromatic rings. The van der Waals surface area contributed by atoms with Crippen molar-refractivity contribution in [3.8, 4) is 0 Å². The lowest BCUT2D eigenvalue weighted by atomic mass is 9.94. The average molecular weight is 300 g/mol. The minimum atomic E-state index is -0.312. The van der Waals surface area contributed by atoms with Gasteiger partial charge in [0.2, 0.25) is 5.91 Å². The maximum atomic E-state index is 12.4. The Kier molecular flexibility index (Phi) is 5.42. The molecule has 2 atom stereocenters. The Balaban J connectivity index is 2.09. The fourth-order valence-corrected chi connectivity index (χ4v) is 2.68. The van der Waals surface area contributed by atoms with Crippen molar-refractivity contribution in [1.29, 1.82) is 0 Å². The van der Waals surface area contributed by atoms with Crippen LogP contribution >= 0.6 is 11.8 Å². The van der Waals surface area contributed by atoms with Gasteiger partial charge in [-0.3, -0.25) is 4.79 Å². The van der Waals surface area contributed by atoms with Gasteiger partial charge in [-0.25, -0.2) is 0 Å². The minimum Gasteiger partial charge on any atom is -0.325 e. The standard InChI is InChI=1S/C17H20N2OS/c1-12(16(18)13-8-4-3-5-9-13)17(20)19-14-10-6-7-11-15(14)21-2/h3-12,16H,18H2,1-2H3,(H,19,20). The minimum absolute atomic E-state index is 0.0622. The Bertz CT molecular complexity index is 601. The summed E-state index contributed by atoms with van der Waals surface area (Å²) in [6.45, 7) is 1.86. The molecule has 0 aromatic heterocycles. The van der Waals surface area contributed by atoms with Crippen molar-refractivity contribution in [2.75, 3.05) is 11.6 Å². The molecule has 2 aromatic carbocycles. The van der Waals surface area contributed by atoms with Crippen molar-refractivity contribution < 1.29 is 4.79 Å². The number of hydrogen-bond acceptors (Lipinski definition) is 3. The summed E-state index contributed by atoms with van der Waals surface area (Å²) in [6, 6.07) is 17.2. The van der Waals surface area contributed by atoms with Crippen molar-refractivity contribution >= 4 is 23.4 Å². The molecule has 0 heterocycles. The maximum absolute atomic E-state index is 12.4. The van der Waals surface area contributed by atoms with Crippen LogP contribution in [0.25, 0.3) is 0 Å². The first-order valence-corrected chi connectivity index (χ1v) is 8.10. The van der Waals surface area contributed by atoms with Gasteiger partial charge < -0.3 is 11.1 Å². The lowest BCUT2D eigenvalue weighted by Gasteiger charge is -2.20. The van der Waals surface area contributed by atoms with Gasteiger partial charge in [0.1, 0.15) is 0 Å². The Morgan fingerprint density at radius 1 is 1.10 bits per heavy atom. The molecular weight excluding hydrogens is 280 g/mol. The molecule has 0 aliphatic carbocycles. The van der Waals surface area contributed by atoms with Crippen LogP contribution in [0.1, 0.15) is 18.5 Å². The Labute approximate surface area is 129 Å². The van der Waals surface area contributed by atoms with E-state index < -0.39 is 0 Å². The molecule has 0 aliphatic rings. The van der Waals surface area contributed by atoms with E-state index in [4.69, 9.17) is 5.73 Å². The highest BCUT2D eigenvalue weighted by molar-refractivity contribution is 7.98. The van der Waals surface area contributed by atoms with Crippen LogP contribution in [0.15, 0.2) is 59.5 Å². The van der Waals surface area contributed by atoms with Crippen molar-refractivity contribution in [3.63, 3.8) is 0 Å². The number of nitrogens with two attached hydrogens (primary N) is 1.